The topological polar surface area (TPSA) is 54.9 Å². The molecule has 1 aromatic heterocycles. The van der Waals surface area contributed by atoms with Crippen molar-refractivity contribution in [3.05, 3.63) is 76.9 Å². The first-order valence-corrected chi connectivity index (χ1v) is 10.4. The number of thioether (sulfide) groups is 1. The van der Waals surface area contributed by atoms with Crippen molar-refractivity contribution in [2.45, 2.75) is 32.2 Å². The van der Waals surface area contributed by atoms with Crippen LogP contribution in [0.25, 0.3) is 11.3 Å². The van der Waals surface area contributed by atoms with Crippen LogP contribution >= 0.6 is 11.8 Å². The highest BCUT2D eigenvalue weighted by atomic mass is 32.2. The molecule has 2 aromatic carbocycles. The number of benzene rings is 2. The first kappa shape index (κ1) is 20.1. The Kier molecular flexibility index (Phi) is 6.82. The Hall–Kier alpha value is -2.66. The van der Waals surface area contributed by atoms with E-state index in [1.165, 1.54) is 34.0 Å². The van der Waals surface area contributed by atoms with E-state index in [1.807, 2.05) is 30.3 Å². The average Bonchev–Trinajstić information content (AvgIpc) is 2.70. The van der Waals surface area contributed by atoms with Crippen molar-refractivity contribution in [1.29, 1.82) is 0 Å². The van der Waals surface area contributed by atoms with Gasteiger partial charge in [-0.3, -0.25) is 4.79 Å². The summed E-state index contributed by atoms with van der Waals surface area (Å²) < 4.78 is 0. The quantitative estimate of drug-likeness (QED) is 0.602. The zero-order chi connectivity index (χ0) is 19.9. The van der Waals surface area contributed by atoms with Crippen LogP contribution in [-0.2, 0) is 11.2 Å². The second-order valence-electron chi connectivity index (χ2n) is 6.88. The lowest BCUT2D eigenvalue weighted by molar-refractivity contribution is -0.118. The van der Waals surface area contributed by atoms with Gasteiger partial charge in [0.1, 0.15) is 5.03 Å². The summed E-state index contributed by atoms with van der Waals surface area (Å²) >= 11 is 1.40. The number of rotatable bonds is 7. The maximum absolute atomic E-state index is 12.0. The largest absolute Gasteiger partial charge is 0.355 e. The first-order chi connectivity index (χ1) is 13.5. The summed E-state index contributed by atoms with van der Waals surface area (Å²) in [5.74, 6) is 0.350. The van der Waals surface area contributed by atoms with E-state index in [0.29, 0.717) is 12.3 Å². The molecule has 0 bridgehead atoms. The second kappa shape index (κ2) is 9.51. The van der Waals surface area contributed by atoms with Crippen molar-refractivity contribution in [3.8, 4) is 11.3 Å². The number of hydrogen-bond acceptors (Lipinski definition) is 4. The molecule has 0 radical (unpaired) electrons. The minimum absolute atomic E-state index is 0.0109. The standard InChI is InChI=1S/C23H25N3OS/c1-16-13-18(3)20(14-17(16)2)21-9-10-23(26-25-21)28-15-22(27)24-12-11-19-7-5-4-6-8-19/h4-10,13-14H,11-12,15H2,1-3H3,(H,24,27). The molecule has 1 N–H and O–H groups in total. The zero-order valence-electron chi connectivity index (χ0n) is 16.5. The molecule has 0 aliphatic carbocycles. The normalized spacial score (nSPS) is 10.7. The van der Waals surface area contributed by atoms with E-state index in [0.717, 1.165) is 22.7 Å². The summed E-state index contributed by atoms with van der Waals surface area (Å²) in [4.78, 5) is 12.0. The molecule has 144 valence electrons. The lowest BCUT2D eigenvalue weighted by Gasteiger charge is -2.09. The number of aromatic nitrogens is 2. The Morgan fingerprint density at radius 2 is 1.68 bits per heavy atom. The van der Waals surface area contributed by atoms with Gasteiger partial charge in [-0.15, -0.1) is 10.2 Å². The molecule has 0 saturated heterocycles. The average molecular weight is 392 g/mol. The van der Waals surface area contributed by atoms with Gasteiger partial charge in [0.25, 0.3) is 0 Å². The molecule has 0 unspecified atom stereocenters. The van der Waals surface area contributed by atoms with Gasteiger partial charge in [-0.25, -0.2) is 0 Å². The molecule has 0 spiro atoms. The van der Waals surface area contributed by atoms with Crippen molar-refractivity contribution in [2.24, 2.45) is 0 Å². The van der Waals surface area contributed by atoms with Crippen LogP contribution in [0.2, 0.25) is 0 Å². The fourth-order valence-corrected chi connectivity index (χ4v) is 3.60. The molecular weight excluding hydrogens is 366 g/mol. The predicted molar refractivity (Wildman–Crippen MR) is 116 cm³/mol. The Bertz CT molecular complexity index is 940. The van der Waals surface area contributed by atoms with Crippen LogP contribution in [0.3, 0.4) is 0 Å². The third kappa shape index (κ3) is 5.42. The van der Waals surface area contributed by atoms with Crippen LogP contribution < -0.4 is 5.32 Å². The van der Waals surface area contributed by atoms with E-state index in [4.69, 9.17) is 0 Å². The molecule has 1 heterocycles. The lowest BCUT2D eigenvalue weighted by Crippen LogP contribution is -2.27. The van der Waals surface area contributed by atoms with Gasteiger partial charge in [0, 0.05) is 12.1 Å². The maximum Gasteiger partial charge on any atom is 0.230 e. The van der Waals surface area contributed by atoms with Crippen molar-refractivity contribution in [3.63, 3.8) is 0 Å². The number of carbonyl (C=O) groups excluding carboxylic acids is 1. The van der Waals surface area contributed by atoms with Crippen LogP contribution in [0.4, 0.5) is 0 Å². The van der Waals surface area contributed by atoms with E-state index in [1.54, 1.807) is 0 Å². The maximum atomic E-state index is 12.0. The highest BCUT2D eigenvalue weighted by Crippen LogP contribution is 2.25. The van der Waals surface area contributed by atoms with Gasteiger partial charge in [0.2, 0.25) is 5.91 Å². The molecular formula is C23H25N3OS. The second-order valence-corrected chi connectivity index (χ2v) is 7.88. The Morgan fingerprint density at radius 1 is 0.929 bits per heavy atom. The highest BCUT2D eigenvalue weighted by molar-refractivity contribution is 7.99. The van der Waals surface area contributed by atoms with Crippen molar-refractivity contribution in [2.75, 3.05) is 12.3 Å². The summed E-state index contributed by atoms with van der Waals surface area (Å²) in [6.07, 6.45) is 0.834. The summed E-state index contributed by atoms with van der Waals surface area (Å²) in [6.45, 7) is 6.95. The number of amides is 1. The van der Waals surface area contributed by atoms with Crippen molar-refractivity contribution < 1.29 is 4.79 Å². The van der Waals surface area contributed by atoms with Crippen LogP contribution in [0, 0.1) is 20.8 Å². The van der Waals surface area contributed by atoms with Crippen LogP contribution in [0.5, 0.6) is 0 Å². The Labute approximate surface area is 170 Å². The Morgan fingerprint density at radius 3 is 2.39 bits per heavy atom. The molecule has 0 aliphatic heterocycles. The zero-order valence-corrected chi connectivity index (χ0v) is 17.3. The van der Waals surface area contributed by atoms with Gasteiger partial charge >= 0.3 is 0 Å². The lowest BCUT2D eigenvalue weighted by atomic mass is 9.99. The van der Waals surface area contributed by atoms with Gasteiger partial charge < -0.3 is 5.32 Å². The third-order valence-electron chi connectivity index (χ3n) is 4.69. The van der Waals surface area contributed by atoms with Gasteiger partial charge in [0.05, 0.1) is 11.4 Å². The molecule has 0 atom stereocenters. The number of nitrogens with zero attached hydrogens (tertiary/aromatic N) is 2. The third-order valence-corrected chi connectivity index (χ3v) is 5.61. The van der Waals surface area contributed by atoms with Gasteiger partial charge in [-0.1, -0.05) is 48.2 Å². The number of carbonyl (C=O) groups is 1. The number of nitrogens with one attached hydrogen (secondary N) is 1. The number of hydrogen-bond donors (Lipinski definition) is 1. The predicted octanol–water partition coefficient (Wildman–Crippen LogP) is 4.52. The highest BCUT2D eigenvalue weighted by Gasteiger charge is 2.08. The van der Waals surface area contributed by atoms with Gasteiger partial charge in [0.15, 0.2) is 0 Å². The molecule has 1 amide bonds. The SMILES string of the molecule is Cc1cc(C)c(-c2ccc(SCC(=O)NCCc3ccccc3)nn2)cc1C. The number of aryl methyl sites for hydroxylation is 3. The van der Waals surface area contributed by atoms with Crippen molar-refractivity contribution >= 4 is 17.7 Å². The van der Waals surface area contributed by atoms with Crippen LogP contribution in [-0.4, -0.2) is 28.4 Å². The Balaban J connectivity index is 1.50. The van der Waals surface area contributed by atoms with E-state index >= 15 is 0 Å². The van der Waals surface area contributed by atoms with E-state index in [9.17, 15) is 4.79 Å². The molecule has 4 nitrogen and oxygen atoms in total. The fraction of sp³-hybridized carbons (Fsp3) is 0.261. The van der Waals surface area contributed by atoms with Crippen LogP contribution in [0.1, 0.15) is 22.3 Å². The minimum Gasteiger partial charge on any atom is -0.355 e. The first-order valence-electron chi connectivity index (χ1n) is 9.38. The summed E-state index contributed by atoms with van der Waals surface area (Å²) in [5.41, 5.74) is 6.89. The monoisotopic (exact) mass is 391 g/mol. The summed E-state index contributed by atoms with van der Waals surface area (Å²) in [7, 11) is 0. The van der Waals surface area contributed by atoms with E-state index in [2.05, 4.69) is 60.6 Å². The van der Waals surface area contributed by atoms with Crippen LogP contribution in [0.15, 0.2) is 59.6 Å². The van der Waals surface area contributed by atoms with E-state index in [-0.39, 0.29) is 5.91 Å². The van der Waals surface area contributed by atoms with Gasteiger partial charge in [-0.05, 0) is 67.6 Å². The fourth-order valence-electron chi connectivity index (χ4n) is 2.96. The summed E-state index contributed by atoms with van der Waals surface area (Å²) in [6, 6.07) is 18.4. The molecule has 0 fully saturated rings. The van der Waals surface area contributed by atoms with Gasteiger partial charge in [-0.2, -0.15) is 0 Å². The molecule has 5 heteroatoms. The molecule has 3 aromatic rings. The smallest absolute Gasteiger partial charge is 0.230 e. The van der Waals surface area contributed by atoms with Crippen molar-refractivity contribution in [1.82, 2.24) is 15.5 Å². The molecule has 0 saturated carbocycles. The summed E-state index contributed by atoms with van der Waals surface area (Å²) in [5, 5.41) is 12.3. The molecule has 3 rings (SSSR count). The molecule has 0 aliphatic rings. The van der Waals surface area contributed by atoms with E-state index < -0.39 is 0 Å². The molecule has 28 heavy (non-hydrogen) atoms. The minimum atomic E-state index is 0.0109.